The first-order valence-electron chi connectivity index (χ1n) is 8.53. The molecule has 0 aromatic carbocycles. The van der Waals surface area contributed by atoms with Crippen LogP contribution < -0.4 is 0 Å². The SMILES string of the molecule is CC.COC(C)(C)C.Cc1cnn(C2CCN(C=O)CC2)c1C. The maximum atomic E-state index is 10.6. The Labute approximate surface area is 142 Å². The van der Waals surface area contributed by atoms with Gasteiger partial charge >= 0.3 is 0 Å². The average Bonchev–Trinajstić information content (AvgIpc) is 2.89. The number of hydrogen-bond donors (Lipinski definition) is 0. The van der Waals surface area contributed by atoms with Crippen molar-refractivity contribution < 1.29 is 9.53 Å². The molecule has 5 heteroatoms. The highest BCUT2D eigenvalue weighted by atomic mass is 16.5. The van der Waals surface area contributed by atoms with Crippen molar-refractivity contribution in [2.75, 3.05) is 20.2 Å². The number of piperidine rings is 1. The molecule has 2 rings (SSSR count). The molecule has 2 heterocycles. The number of amides is 1. The number of methoxy groups -OCH3 is 1. The molecular formula is C18H35N3O2. The topological polar surface area (TPSA) is 47.4 Å². The summed E-state index contributed by atoms with van der Waals surface area (Å²) in [5.41, 5.74) is 2.53. The molecule has 23 heavy (non-hydrogen) atoms. The molecule has 1 amide bonds. The van der Waals surface area contributed by atoms with Crippen molar-refractivity contribution in [2.24, 2.45) is 0 Å². The summed E-state index contributed by atoms with van der Waals surface area (Å²) in [6.45, 7) is 16.0. The fourth-order valence-corrected chi connectivity index (χ4v) is 2.11. The maximum Gasteiger partial charge on any atom is 0.209 e. The van der Waals surface area contributed by atoms with Crippen LogP contribution in [0.5, 0.6) is 0 Å². The fourth-order valence-electron chi connectivity index (χ4n) is 2.11. The van der Waals surface area contributed by atoms with Crippen LogP contribution in [0.25, 0.3) is 0 Å². The lowest BCUT2D eigenvalue weighted by atomic mass is 10.1. The Kier molecular flexibility index (Phi) is 9.80. The third-order valence-electron chi connectivity index (χ3n) is 3.90. The molecule has 1 saturated heterocycles. The van der Waals surface area contributed by atoms with Gasteiger partial charge in [-0.3, -0.25) is 9.48 Å². The smallest absolute Gasteiger partial charge is 0.209 e. The van der Waals surface area contributed by atoms with Gasteiger partial charge in [-0.2, -0.15) is 5.10 Å². The van der Waals surface area contributed by atoms with Crippen LogP contribution in [0.2, 0.25) is 0 Å². The van der Waals surface area contributed by atoms with Crippen molar-refractivity contribution >= 4 is 6.41 Å². The van der Waals surface area contributed by atoms with Crippen LogP contribution in [0.3, 0.4) is 0 Å². The van der Waals surface area contributed by atoms with Crippen LogP contribution in [0.15, 0.2) is 6.20 Å². The van der Waals surface area contributed by atoms with Crippen molar-refractivity contribution in [1.82, 2.24) is 14.7 Å². The number of ether oxygens (including phenoxy) is 1. The summed E-state index contributed by atoms with van der Waals surface area (Å²) in [6, 6.07) is 0.467. The third-order valence-corrected chi connectivity index (χ3v) is 3.90. The van der Waals surface area contributed by atoms with E-state index in [0.717, 1.165) is 32.3 Å². The molecule has 0 aliphatic carbocycles. The van der Waals surface area contributed by atoms with E-state index < -0.39 is 0 Å². The summed E-state index contributed by atoms with van der Waals surface area (Å²) in [7, 11) is 1.71. The van der Waals surface area contributed by atoms with Gasteiger partial charge in [0.25, 0.3) is 0 Å². The van der Waals surface area contributed by atoms with E-state index >= 15 is 0 Å². The molecule has 1 aromatic rings. The van der Waals surface area contributed by atoms with Gasteiger partial charge in [0.2, 0.25) is 6.41 Å². The molecule has 0 unspecified atom stereocenters. The van der Waals surface area contributed by atoms with Crippen LogP contribution in [-0.4, -0.2) is 46.9 Å². The summed E-state index contributed by atoms with van der Waals surface area (Å²) < 4.78 is 7.05. The summed E-state index contributed by atoms with van der Waals surface area (Å²) in [5, 5.41) is 4.40. The Balaban J connectivity index is 0.000000515. The molecule has 0 spiro atoms. The second kappa shape index (κ2) is 10.4. The summed E-state index contributed by atoms with van der Waals surface area (Å²) >= 11 is 0. The van der Waals surface area contributed by atoms with Gasteiger partial charge in [0.1, 0.15) is 0 Å². The first kappa shape index (κ1) is 21.6. The standard InChI is InChI=1S/C11H17N3O.C5H12O.C2H6/c1-9-7-12-14(10(9)2)11-3-5-13(8-15)6-4-11;1-5(2,3)6-4;1-2/h7-8,11H,3-6H2,1-2H3;1-4H3;1-2H3. The number of nitrogens with zero attached hydrogens (tertiary/aromatic N) is 3. The minimum atomic E-state index is 0.0417. The van der Waals surface area contributed by atoms with Crippen LogP contribution >= 0.6 is 0 Å². The van der Waals surface area contributed by atoms with Crippen molar-refractivity contribution in [3.8, 4) is 0 Å². The van der Waals surface area contributed by atoms with Crippen LogP contribution in [0.1, 0.15) is 64.8 Å². The molecule has 1 aliphatic rings. The van der Waals surface area contributed by atoms with E-state index in [9.17, 15) is 4.79 Å². The number of carbonyl (C=O) groups excluding carboxylic acids is 1. The van der Waals surface area contributed by atoms with E-state index in [0.29, 0.717) is 6.04 Å². The van der Waals surface area contributed by atoms with E-state index in [1.54, 1.807) is 7.11 Å². The molecule has 0 saturated carbocycles. The van der Waals surface area contributed by atoms with Crippen LogP contribution in [-0.2, 0) is 9.53 Å². The molecule has 0 atom stereocenters. The van der Waals surface area contributed by atoms with E-state index in [-0.39, 0.29) is 5.60 Å². The Hall–Kier alpha value is -1.36. The highest BCUT2D eigenvalue weighted by Crippen LogP contribution is 2.23. The average molecular weight is 325 g/mol. The molecule has 0 N–H and O–H groups in total. The van der Waals surface area contributed by atoms with Crippen molar-refractivity contribution in [2.45, 2.75) is 73.0 Å². The van der Waals surface area contributed by atoms with Gasteiger partial charge in [0, 0.05) is 25.9 Å². The summed E-state index contributed by atoms with van der Waals surface area (Å²) in [5.74, 6) is 0. The number of rotatable bonds is 2. The minimum absolute atomic E-state index is 0.0417. The van der Waals surface area contributed by atoms with Gasteiger partial charge in [-0.25, -0.2) is 0 Å². The molecule has 134 valence electrons. The van der Waals surface area contributed by atoms with E-state index in [4.69, 9.17) is 4.74 Å². The van der Waals surface area contributed by atoms with Crippen molar-refractivity contribution in [3.63, 3.8) is 0 Å². The zero-order chi connectivity index (χ0) is 18.0. The number of carbonyl (C=O) groups is 1. The fraction of sp³-hybridized carbons (Fsp3) is 0.778. The van der Waals surface area contributed by atoms with Crippen LogP contribution in [0, 0.1) is 13.8 Å². The lowest BCUT2D eigenvalue weighted by Crippen LogP contribution is -2.34. The molecule has 0 bridgehead atoms. The number of likely N-dealkylation sites (tertiary alicyclic amines) is 1. The van der Waals surface area contributed by atoms with E-state index in [1.807, 2.05) is 45.7 Å². The monoisotopic (exact) mass is 325 g/mol. The van der Waals surface area contributed by atoms with Crippen molar-refractivity contribution in [1.29, 1.82) is 0 Å². The zero-order valence-electron chi connectivity index (χ0n) is 16.2. The predicted molar refractivity (Wildman–Crippen MR) is 95.7 cm³/mol. The molecule has 1 aromatic heterocycles. The summed E-state index contributed by atoms with van der Waals surface area (Å²) in [6.07, 6.45) is 4.89. The second-order valence-electron chi connectivity index (χ2n) is 6.55. The van der Waals surface area contributed by atoms with Gasteiger partial charge in [-0.1, -0.05) is 13.8 Å². The van der Waals surface area contributed by atoms with Gasteiger partial charge < -0.3 is 9.64 Å². The molecule has 1 aliphatic heterocycles. The largest absolute Gasteiger partial charge is 0.379 e. The molecule has 0 radical (unpaired) electrons. The molecular weight excluding hydrogens is 290 g/mol. The normalized spacial score (nSPS) is 15.2. The Bertz CT molecular complexity index is 442. The number of hydrogen-bond acceptors (Lipinski definition) is 3. The Morgan fingerprint density at radius 3 is 2.00 bits per heavy atom. The van der Waals surface area contributed by atoms with Gasteiger partial charge in [0.15, 0.2) is 0 Å². The molecule has 1 fully saturated rings. The zero-order valence-corrected chi connectivity index (χ0v) is 16.2. The molecule has 5 nitrogen and oxygen atoms in total. The maximum absolute atomic E-state index is 10.6. The van der Waals surface area contributed by atoms with Crippen LogP contribution in [0.4, 0.5) is 0 Å². The van der Waals surface area contributed by atoms with E-state index in [2.05, 4.69) is 23.6 Å². The Morgan fingerprint density at radius 1 is 1.22 bits per heavy atom. The second-order valence-corrected chi connectivity index (χ2v) is 6.55. The first-order valence-corrected chi connectivity index (χ1v) is 8.53. The number of aromatic nitrogens is 2. The lowest BCUT2D eigenvalue weighted by molar-refractivity contribution is -0.119. The van der Waals surface area contributed by atoms with E-state index in [1.165, 1.54) is 11.3 Å². The highest BCUT2D eigenvalue weighted by molar-refractivity contribution is 5.47. The van der Waals surface area contributed by atoms with Gasteiger partial charge in [0.05, 0.1) is 17.8 Å². The van der Waals surface area contributed by atoms with Crippen molar-refractivity contribution in [3.05, 3.63) is 17.5 Å². The third kappa shape index (κ3) is 7.64. The Morgan fingerprint density at radius 2 is 1.70 bits per heavy atom. The van der Waals surface area contributed by atoms with Gasteiger partial charge in [-0.05, 0) is 53.0 Å². The summed E-state index contributed by atoms with van der Waals surface area (Å²) in [4.78, 5) is 12.4. The quantitative estimate of drug-likeness (QED) is 0.778. The number of aryl methyl sites for hydroxylation is 1. The first-order chi connectivity index (χ1) is 10.8. The predicted octanol–water partition coefficient (Wildman–Crippen LogP) is 3.75. The lowest BCUT2D eigenvalue weighted by Gasteiger charge is -2.30. The highest BCUT2D eigenvalue weighted by Gasteiger charge is 2.21. The minimum Gasteiger partial charge on any atom is -0.379 e. The van der Waals surface area contributed by atoms with Gasteiger partial charge in [-0.15, -0.1) is 0 Å².